The number of benzene rings is 2. The summed E-state index contributed by atoms with van der Waals surface area (Å²) in [4.78, 5) is 33.1. The molecule has 0 saturated heterocycles. The number of carbonyl (C=O) groups is 1. The van der Waals surface area contributed by atoms with Gasteiger partial charge in [-0.25, -0.2) is 18.0 Å². The molecule has 184 valence electrons. The number of rotatable bonds is 5. The molecule has 11 heteroatoms. The maximum atomic E-state index is 13.6. The minimum absolute atomic E-state index is 0.0287. The van der Waals surface area contributed by atoms with Crippen molar-refractivity contribution < 1.29 is 13.2 Å². The summed E-state index contributed by atoms with van der Waals surface area (Å²) >= 11 is 12.0. The van der Waals surface area contributed by atoms with Crippen molar-refractivity contribution in [2.45, 2.75) is 37.8 Å². The number of anilines is 1. The fourth-order valence-corrected chi connectivity index (χ4v) is 4.84. The van der Waals surface area contributed by atoms with Crippen molar-refractivity contribution in [1.82, 2.24) is 14.5 Å². The number of nitrogens with zero attached hydrogens (tertiary/aromatic N) is 3. The normalized spacial score (nSPS) is 13.6. The highest BCUT2D eigenvalue weighted by molar-refractivity contribution is 7.90. The highest BCUT2D eigenvalue weighted by atomic mass is 35.5. The molecule has 1 aliphatic rings. The first-order valence-corrected chi connectivity index (χ1v) is 13.6. The largest absolute Gasteiger partial charge is 0.353 e. The van der Waals surface area contributed by atoms with Gasteiger partial charge in [-0.15, -0.1) is 0 Å². The first-order valence-electron chi connectivity index (χ1n) is 10.9. The molecular weight excluding hydrogens is 511 g/mol. The number of hydrogen-bond donors (Lipinski definition) is 1. The van der Waals surface area contributed by atoms with Gasteiger partial charge in [-0.1, -0.05) is 23.2 Å². The number of carbonyl (C=O) groups excluding carboxylic acids is 1. The van der Waals surface area contributed by atoms with Crippen LogP contribution in [-0.4, -0.2) is 47.6 Å². The van der Waals surface area contributed by atoms with Crippen LogP contribution in [-0.2, 0) is 22.8 Å². The maximum Gasteiger partial charge on any atom is 0.263 e. The van der Waals surface area contributed by atoms with Crippen LogP contribution in [0.15, 0.2) is 52.2 Å². The Labute approximate surface area is 213 Å². The van der Waals surface area contributed by atoms with Crippen LogP contribution in [0.5, 0.6) is 0 Å². The summed E-state index contributed by atoms with van der Waals surface area (Å²) in [6.45, 7) is 4.35. The van der Waals surface area contributed by atoms with Gasteiger partial charge in [0.25, 0.3) is 11.5 Å². The topological polar surface area (TPSA) is 101 Å². The molecule has 35 heavy (non-hydrogen) atoms. The van der Waals surface area contributed by atoms with Gasteiger partial charge < -0.3 is 10.2 Å². The molecule has 0 bridgehead atoms. The van der Waals surface area contributed by atoms with Gasteiger partial charge in [0.05, 0.1) is 32.9 Å². The van der Waals surface area contributed by atoms with Gasteiger partial charge in [0.15, 0.2) is 9.84 Å². The number of sulfone groups is 1. The van der Waals surface area contributed by atoms with Crippen molar-refractivity contribution in [3.63, 3.8) is 0 Å². The third-order valence-electron chi connectivity index (χ3n) is 5.63. The lowest BCUT2D eigenvalue weighted by atomic mass is 10.0. The Bertz CT molecular complexity index is 1470. The van der Waals surface area contributed by atoms with E-state index >= 15 is 0 Å². The molecule has 0 spiro atoms. The molecule has 1 aromatic heterocycles. The lowest BCUT2D eigenvalue weighted by molar-refractivity contribution is 0.0731. The Balaban J connectivity index is 1.73. The van der Waals surface area contributed by atoms with E-state index in [9.17, 15) is 18.0 Å². The van der Waals surface area contributed by atoms with Crippen molar-refractivity contribution >= 4 is 44.9 Å². The molecule has 4 rings (SSSR count). The van der Waals surface area contributed by atoms with E-state index in [-0.39, 0.29) is 28.9 Å². The molecule has 3 aromatic rings. The third-order valence-corrected chi connectivity index (χ3v) is 7.50. The Kier molecular flexibility index (Phi) is 6.95. The number of hydrogen-bond acceptors (Lipinski definition) is 6. The number of aromatic nitrogens is 2. The zero-order chi connectivity index (χ0) is 25.5. The van der Waals surface area contributed by atoms with Crippen LogP contribution >= 0.6 is 23.2 Å². The minimum Gasteiger partial charge on any atom is -0.353 e. The molecule has 0 unspecified atom stereocenters. The van der Waals surface area contributed by atoms with Crippen LogP contribution in [0.4, 0.5) is 5.95 Å². The number of halogens is 2. The van der Waals surface area contributed by atoms with Gasteiger partial charge >= 0.3 is 0 Å². The summed E-state index contributed by atoms with van der Waals surface area (Å²) < 4.78 is 25.1. The Hall–Kier alpha value is -2.88. The fourth-order valence-electron chi connectivity index (χ4n) is 3.91. The van der Waals surface area contributed by atoms with E-state index in [1.807, 2.05) is 13.8 Å². The average molecular weight is 535 g/mol. The van der Waals surface area contributed by atoms with Crippen molar-refractivity contribution in [3.8, 4) is 5.69 Å². The summed E-state index contributed by atoms with van der Waals surface area (Å²) in [5.41, 5.74) is 1.68. The van der Waals surface area contributed by atoms with Gasteiger partial charge in [0.2, 0.25) is 5.95 Å². The van der Waals surface area contributed by atoms with Crippen LogP contribution in [0.2, 0.25) is 10.0 Å². The van der Waals surface area contributed by atoms with E-state index in [1.165, 1.54) is 22.8 Å². The smallest absolute Gasteiger partial charge is 0.263 e. The lowest BCUT2D eigenvalue weighted by Crippen LogP contribution is -2.41. The molecule has 0 radical (unpaired) electrons. The second-order valence-electron chi connectivity index (χ2n) is 8.67. The molecule has 2 heterocycles. The van der Waals surface area contributed by atoms with Gasteiger partial charge in [-0.05, 0) is 62.7 Å². The molecule has 2 aromatic carbocycles. The molecule has 8 nitrogen and oxygen atoms in total. The number of amides is 1. The van der Waals surface area contributed by atoms with E-state index < -0.39 is 9.84 Å². The Morgan fingerprint density at radius 1 is 1.09 bits per heavy atom. The van der Waals surface area contributed by atoms with Crippen molar-refractivity contribution in [1.29, 1.82) is 0 Å². The quantitative estimate of drug-likeness (QED) is 0.531. The summed E-state index contributed by atoms with van der Waals surface area (Å²) in [7, 11) is -3.37. The number of fused-ring (bicyclic) bond motifs is 1. The molecule has 0 saturated carbocycles. The van der Waals surface area contributed by atoms with Crippen LogP contribution < -0.4 is 10.9 Å². The highest BCUT2D eigenvalue weighted by Gasteiger charge is 2.27. The van der Waals surface area contributed by atoms with Crippen LogP contribution in [0.3, 0.4) is 0 Å². The summed E-state index contributed by atoms with van der Waals surface area (Å²) in [6, 6.07) is 10.8. The molecule has 0 atom stereocenters. The number of nitrogens with one attached hydrogen (secondary N) is 1. The molecule has 1 amide bonds. The summed E-state index contributed by atoms with van der Waals surface area (Å²) in [6.07, 6.45) is 1.46. The highest BCUT2D eigenvalue weighted by Crippen LogP contribution is 2.25. The molecule has 0 fully saturated rings. The van der Waals surface area contributed by atoms with Gasteiger partial charge in [-0.2, -0.15) is 0 Å². The lowest BCUT2D eigenvalue weighted by Gasteiger charge is -2.29. The van der Waals surface area contributed by atoms with Crippen molar-refractivity contribution in [2.24, 2.45) is 0 Å². The predicted molar refractivity (Wildman–Crippen MR) is 137 cm³/mol. The van der Waals surface area contributed by atoms with Crippen LogP contribution in [0.1, 0.15) is 35.5 Å². The zero-order valence-electron chi connectivity index (χ0n) is 19.4. The van der Waals surface area contributed by atoms with Crippen LogP contribution in [0.25, 0.3) is 5.69 Å². The van der Waals surface area contributed by atoms with Crippen molar-refractivity contribution in [2.75, 3.05) is 18.1 Å². The van der Waals surface area contributed by atoms with E-state index in [0.29, 0.717) is 51.5 Å². The van der Waals surface area contributed by atoms with E-state index in [2.05, 4.69) is 5.32 Å². The molecule has 0 aliphatic carbocycles. The molecule has 1 aliphatic heterocycles. The van der Waals surface area contributed by atoms with E-state index in [0.717, 1.165) is 6.26 Å². The SMILES string of the molecule is CC(C)Nc1nc2c(c(=O)n1-c1ccc(S(C)(=O)=O)cc1)CCN(C(=O)c1ccc(Cl)c(Cl)c1)C2. The van der Waals surface area contributed by atoms with Gasteiger partial charge in [0.1, 0.15) is 0 Å². The first kappa shape index (κ1) is 25.2. The third kappa shape index (κ3) is 5.22. The summed E-state index contributed by atoms with van der Waals surface area (Å²) in [5.74, 6) is 0.0922. The average Bonchev–Trinajstić information content (AvgIpc) is 2.79. The van der Waals surface area contributed by atoms with Gasteiger partial charge in [0, 0.05) is 30.0 Å². The monoisotopic (exact) mass is 534 g/mol. The Morgan fingerprint density at radius 3 is 2.37 bits per heavy atom. The predicted octanol–water partition coefficient (Wildman–Crippen LogP) is 3.96. The maximum absolute atomic E-state index is 13.6. The second-order valence-corrected chi connectivity index (χ2v) is 11.5. The van der Waals surface area contributed by atoms with Crippen molar-refractivity contribution in [3.05, 3.63) is 79.7 Å². The Morgan fingerprint density at radius 2 is 1.77 bits per heavy atom. The first-order chi connectivity index (χ1) is 16.5. The fraction of sp³-hybridized carbons (Fsp3) is 0.292. The zero-order valence-corrected chi connectivity index (χ0v) is 21.7. The van der Waals surface area contributed by atoms with Crippen LogP contribution in [0, 0.1) is 0 Å². The summed E-state index contributed by atoms with van der Waals surface area (Å²) in [5, 5.41) is 3.85. The molecule has 1 N–H and O–H groups in total. The van der Waals surface area contributed by atoms with Gasteiger partial charge in [-0.3, -0.25) is 9.59 Å². The molecular formula is C24H24Cl2N4O4S. The minimum atomic E-state index is -3.37. The van der Waals surface area contributed by atoms with E-state index in [1.54, 1.807) is 29.2 Å². The van der Waals surface area contributed by atoms with E-state index in [4.69, 9.17) is 28.2 Å². The standard InChI is InChI=1S/C24H24Cl2N4O4S/c1-14(2)27-24-28-21-13-29(22(31)15-4-9-19(25)20(26)12-15)11-10-18(21)23(32)30(24)16-5-7-17(8-6-16)35(3,33)34/h4-9,12,14H,10-11,13H2,1-3H3,(H,27,28). The second kappa shape index (κ2) is 9.64.